The van der Waals surface area contributed by atoms with Crippen LogP contribution in [0.25, 0.3) is 5.70 Å². The average molecular weight is 197 g/mol. The van der Waals surface area contributed by atoms with E-state index in [0.29, 0.717) is 15.9 Å². The van der Waals surface area contributed by atoms with Crippen LogP contribution in [0.3, 0.4) is 0 Å². The molecule has 0 unspecified atom stereocenters. The Morgan fingerprint density at radius 3 is 2.64 bits per heavy atom. The topological polar surface area (TPSA) is 90.9 Å². The van der Waals surface area contributed by atoms with Gasteiger partial charge in [-0.2, -0.15) is 9.78 Å². The van der Waals surface area contributed by atoms with E-state index in [1.54, 1.807) is 13.0 Å². The van der Waals surface area contributed by atoms with Crippen molar-refractivity contribution in [2.24, 2.45) is 4.99 Å². The van der Waals surface area contributed by atoms with Crippen molar-refractivity contribution in [3.63, 3.8) is 0 Å². The summed E-state index contributed by atoms with van der Waals surface area (Å²) in [5.41, 5.74) is 1.07. The maximum absolute atomic E-state index is 8.78. The van der Waals surface area contributed by atoms with Gasteiger partial charge in [-0.25, -0.2) is 0 Å². The highest BCUT2D eigenvalue weighted by molar-refractivity contribution is 5.66. The number of hydrogen-bond donors (Lipinski definition) is 3. The largest absolute Gasteiger partial charge is 0.389 e. The third-order valence-electron chi connectivity index (χ3n) is 1.63. The first-order valence-electron chi connectivity index (χ1n) is 3.84. The Labute approximate surface area is 80.5 Å². The average Bonchev–Trinajstić information content (AvgIpc) is 2.54. The molecule has 1 rings (SSSR count). The summed E-state index contributed by atoms with van der Waals surface area (Å²) in [6.07, 6.45) is 1.27. The van der Waals surface area contributed by atoms with E-state index in [-0.39, 0.29) is 0 Å². The number of nitrogens with zero attached hydrogens (tertiary/aromatic N) is 3. The standard InChI is InChI=1S/C8H11N3O3/c1-3-7(9-2)6-4-10-11(5-6)8(12,13)14/h3-5,12-14H,2H2,1H3. The van der Waals surface area contributed by atoms with Crippen LogP contribution in [-0.2, 0) is 6.10 Å². The highest BCUT2D eigenvalue weighted by atomic mass is 16.7. The molecule has 0 aliphatic rings. The van der Waals surface area contributed by atoms with Gasteiger partial charge in [-0.05, 0) is 13.6 Å². The number of aromatic nitrogens is 2. The second-order valence-corrected chi connectivity index (χ2v) is 2.61. The van der Waals surface area contributed by atoms with Gasteiger partial charge in [0.05, 0.1) is 11.9 Å². The van der Waals surface area contributed by atoms with Crippen LogP contribution in [-0.4, -0.2) is 31.8 Å². The minimum absolute atomic E-state index is 0.532. The molecule has 0 aliphatic carbocycles. The van der Waals surface area contributed by atoms with Gasteiger partial charge >= 0.3 is 6.10 Å². The minimum Gasteiger partial charge on any atom is -0.324 e. The van der Waals surface area contributed by atoms with Crippen LogP contribution in [0, 0.1) is 0 Å². The molecule has 0 atom stereocenters. The summed E-state index contributed by atoms with van der Waals surface area (Å²) in [6, 6.07) is 0. The summed E-state index contributed by atoms with van der Waals surface area (Å²) >= 11 is 0. The fourth-order valence-corrected chi connectivity index (χ4v) is 0.968. The maximum atomic E-state index is 8.78. The van der Waals surface area contributed by atoms with Crippen molar-refractivity contribution in [3.8, 4) is 0 Å². The molecule has 0 radical (unpaired) electrons. The molecular formula is C8H11N3O3. The molecule has 0 amide bonds. The molecule has 0 saturated heterocycles. The molecule has 0 bridgehead atoms. The summed E-state index contributed by atoms with van der Waals surface area (Å²) in [4.78, 5) is 3.69. The van der Waals surface area contributed by atoms with Crippen LogP contribution in [0.4, 0.5) is 0 Å². The lowest BCUT2D eigenvalue weighted by atomic mass is 10.2. The van der Waals surface area contributed by atoms with Crippen LogP contribution in [0.1, 0.15) is 12.5 Å². The first-order valence-corrected chi connectivity index (χ1v) is 3.84. The third-order valence-corrected chi connectivity index (χ3v) is 1.63. The third kappa shape index (κ3) is 2.05. The Kier molecular flexibility index (Phi) is 2.80. The van der Waals surface area contributed by atoms with Gasteiger partial charge in [0.1, 0.15) is 0 Å². The van der Waals surface area contributed by atoms with Gasteiger partial charge < -0.3 is 15.3 Å². The van der Waals surface area contributed by atoms with E-state index >= 15 is 0 Å². The predicted octanol–water partition coefficient (Wildman–Crippen LogP) is -0.511. The van der Waals surface area contributed by atoms with E-state index in [1.165, 1.54) is 12.4 Å². The van der Waals surface area contributed by atoms with Gasteiger partial charge in [0.25, 0.3) is 0 Å². The van der Waals surface area contributed by atoms with Crippen LogP contribution in [0.15, 0.2) is 23.5 Å². The lowest BCUT2D eigenvalue weighted by molar-refractivity contribution is -0.380. The van der Waals surface area contributed by atoms with Crippen LogP contribution >= 0.6 is 0 Å². The number of aliphatic imine (C=N–C) groups is 1. The summed E-state index contributed by atoms with van der Waals surface area (Å²) in [6.45, 7) is 5.09. The van der Waals surface area contributed by atoms with Gasteiger partial charge in [0, 0.05) is 11.8 Å². The van der Waals surface area contributed by atoms with Crippen molar-refractivity contribution in [1.29, 1.82) is 0 Å². The first kappa shape index (κ1) is 10.6. The lowest BCUT2D eigenvalue weighted by Crippen LogP contribution is -2.32. The SMILES string of the molecule is C=NC(=CC)c1cnn(C(O)(O)O)c1. The van der Waals surface area contributed by atoms with E-state index in [1.807, 2.05) is 0 Å². The Hall–Kier alpha value is -1.50. The Morgan fingerprint density at radius 2 is 2.29 bits per heavy atom. The highest BCUT2D eigenvalue weighted by Crippen LogP contribution is 2.15. The predicted molar refractivity (Wildman–Crippen MR) is 50.1 cm³/mol. The molecule has 76 valence electrons. The van der Waals surface area contributed by atoms with Gasteiger partial charge in [-0.1, -0.05) is 6.08 Å². The molecule has 0 saturated carbocycles. The number of aliphatic hydroxyl groups is 3. The molecule has 1 aromatic rings. The molecule has 0 aromatic carbocycles. The number of hydrogen-bond acceptors (Lipinski definition) is 5. The van der Waals surface area contributed by atoms with Crippen LogP contribution in [0.2, 0.25) is 0 Å². The van der Waals surface area contributed by atoms with Gasteiger partial charge in [-0.15, -0.1) is 0 Å². The second-order valence-electron chi connectivity index (χ2n) is 2.61. The van der Waals surface area contributed by atoms with E-state index in [9.17, 15) is 0 Å². The Morgan fingerprint density at radius 1 is 1.64 bits per heavy atom. The van der Waals surface area contributed by atoms with Gasteiger partial charge in [0.2, 0.25) is 0 Å². The van der Waals surface area contributed by atoms with E-state index < -0.39 is 6.10 Å². The molecule has 1 aromatic heterocycles. The van der Waals surface area contributed by atoms with Crippen molar-refractivity contribution < 1.29 is 15.3 Å². The highest BCUT2D eigenvalue weighted by Gasteiger charge is 2.22. The maximum Gasteiger partial charge on any atom is 0.389 e. The molecular weight excluding hydrogens is 186 g/mol. The van der Waals surface area contributed by atoms with Gasteiger partial charge in [-0.3, -0.25) is 4.99 Å². The summed E-state index contributed by atoms with van der Waals surface area (Å²) < 4.78 is 0.594. The first-order chi connectivity index (χ1) is 6.49. The van der Waals surface area contributed by atoms with Crippen molar-refractivity contribution in [2.45, 2.75) is 13.0 Å². The molecule has 0 fully saturated rings. The van der Waals surface area contributed by atoms with E-state index in [2.05, 4.69) is 16.8 Å². The zero-order valence-electron chi connectivity index (χ0n) is 7.62. The molecule has 6 heteroatoms. The molecule has 0 spiro atoms. The smallest absolute Gasteiger partial charge is 0.324 e. The zero-order chi connectivity index (χ0) is 10.8. The van der Waals surface area contributed by atoms with E-state index in [0.717, 1.165) is 0 Å². The zero-order valence-corrected chi connectivity index (χ0v) is 7.62. The summed E-state index contributed by atoms with van der Waals surface area (Å²) in [5, 5.41) is 29.9. The number of rotatable bonds is 3. The fourth-order valence-electron chi connectivity index (χ4n) is 0.968. The monoisotopic (exact) mass is 197 g/mol. The minimum atomic E-state index is -2.99. The Balaban J connectivity index is 3.05. The van der Waals surface area contributed by atoms with Crippen LogP contribution in [0.5, 0.6) is 0 Å². The molecule has 6 nitrogen and oxygen atoms in total. The molecule has 0 aliphatic heterocycles. The quantitative estimate of drug-likeness (QED) is 0.449. The Bertz CT molecular complexity index is 362. The second kappa shape index (κ2) is 3.70. The van der Waals surface area contributed by atoms with Crippen molar-refractivity contribution in [3.05, 3.63) is 24.0 Å². The molecule has 1 heterocycles. The molecule has 14 heavy (non-hydrogen) atoms. The van der Waals surface area contributed by atoms with Crippen molar-refractivity contribution >= 4 is 12.4 Å². The molecule has 3 N–H and O–H groups in total. The van der Waals surface area contributed by atoms with Gasteiger partial charge in [0.15, 0.2) is 0 Å². The fraction of sp³-hybridized carbons (Fsp3) is 0.250. The van der Waals surface area contributed by atoms with Crippen molar-refractivity contribution in [1.82, 2.24) is 9.78 Å². The summed E-state index contributed by atoms with van der Waals surface area (Å²) in [7, 11) is 0. The normalized spacial score (nSPS) is 13.0. The van der Waals surface area contributed by atoms with E-state index in [4.69, 9.17) is 15.3 Å². The van der Waals surface area contributed by atoms with Crippen molar-refractivity contribution in [2.75, 3.05) is 0 Å². The number of allylic oxidation sites excluding steroid dienone is 1. The lowest BCUT2D eigenvalue weighted by Gasteiger charge is -2.12. The summed E-state index contributed by atoms with van der Waals surface area (Å²) in [5.74, 6) is 0. The van der Waals surface area contributed by atoms with Crippen LogP contribution < -0.4 is 0 Å².